The standard InChI is InChI=1S/C12H17NO4S3/c14-10-5-6-11(15)13(10)17-12(16)4-2-1-3-9-7-8-18-20-19-9/h9H,1-8H2/t9-/m1/s1. The summed E-state index contributed by atoms with van der Waals surface area (Å²) in [5.41, 5.74) is 0. The molecule has 2 amide bonds. The molecule has 0 radical (unpaired) electrons. The van der Waals surface area contributed by atoms with Crippen molar-refractivity contribution in [2.45, 2.75) is 50.2 Å². The summed E-state index contributed by atoms with van der Waals surface area (Å²) in [5.74, 6) is -0.133. The minimum atomic E-state index is -0.491. The Hall–Kier alpha value is -0.340. The first-order valence-corrected chi connectivity index (χ1v) is 10.4. The Kier molecular flexibility index (Phi) is 6.57. The summed E-state index contributed by atoms with van der Waals surface area (Å²) in [5, 5.41) is 1.30. The molecule has 0 aliphatic carbocycles. The maximum Gasteiger partial charge on any atom is 0.333 e. The van der Waals surface area contributed by atoms with Crippen molar-refractivity contribution in [2.24, 2.45) is 0 Å². The van der Waals surface area contributed by atoms with Crippen molar-refractivity contribution in [3.05, 3.63) is 0 Å². The molecule has 20 heavy (non-hydrogen) atoms. The van der Waals surface area contributed by atoms with Crippen LogP contribution in [-0.2, 0) is 19.2 Å². The minimum absolute atomic E-state index is 0.140. The summed E-state index contributed by atoms with van der Waals surface area (Å²) in [6, 6.07) is 0. The van der Waals surface area contributed by atoms with Gasteiger partial charge in [0.1, 0.15) is 0 Å². The molecule has 2 heterocycles. The molecule has 112 valence electrons. The molecule has 0 aromatic rings. The molecule has 0 aromatic heterocycles. The maximum absolute atomic E-state index is 11.6. The van der Waals surface area contributed by atoms with Gasteiger partial charge in [0.15, 0.2) is 0 Å². The molecule has 1 atom stereocenters. The number of imide groups is 1. The highest BCUT2D eigenvalue weighted by atomic mass is 33.5. The molecule has 2 aliphatic heterocycles. The summed E-state index contributed by atoms with van der Waals surface area (Å²) < 4.78 is 0. The van der Waals surface area contributed by atoms with E-state index in [4.69, 9.17) is 4.84 Å². The Labute approximate surface area is 129 Å². The van der Waals surface area contributed by atoms with E-state index >= 15 is 0 Å². The van der Waals surface area contributed by atoms with Crippen molar-refractivity contribution in [1.29, 1.82) is 0 Å². The predicted octanol–water partition coefficient (Wildman–Crippen LogP) is 2.96. The Morgan fingerprint density at radius 3 is 2.65 bits per heavy atom. The second-order valence-electron chi connectivity index (χ2n) is 4.69. The van der Waals surface area contributed by atoms with Gasteiger partial charge in [-0.1, -0.05) is 28.0 Å². The summed E-state index contributed by atoms with van der Waals surface area (Å²) in [6.07, 6.45) is 4.58. The molecule has 0 aromatic carbocycles. The quantitative estimate of drug-likeness (QED) is 0.420. The largest absolute Gasteiger partial charge is 0.333 e. The predicted molar refractivity (Wildman–Crippen MR) is 81.7 cm³/mol. The van der Waals surface area contributed by atoms with E-state index in [0.29, 0.717) is 10.3 Å². The Balaban J connectivity index is 1.58. The zero-order chi connectivity index (χ0) is 14.4. The first kappa shape index (κ1) is 16.0. The van der Waals surface area contributed by atoms with Gasteiger partial charge in [0, 0.05) is 30.3 Å². The third-order valence-electron chi connectivity index (χ3n) is 3.10. The van der Waals surface area contributed by atoms with Crippen LogP contribution in [0.4, 0.5) is 0 Å². The lowest BCUT2D eigenvalue weighted by atomic mass is 10.1. The van der Waals surface area contributed by atoms with E-state index < -0.39 is 17.8 Å². The zero-order valence-corrected chi connectivity index (χ0v) is 13.5. The van der Waals surface area contributed by atoms with Crippen molar-refractivity contribution in [2.75, 3.05) is 5.75 Å². The van der Waals surface area contributed by atoms with Crippen LogP contribution in [0.3, 0.4) is 0 Å². The smallest absolute Gasteiger partial charge is 0.330 e. The normalized spacial score (nSPS) is 23.2. The minimum Gasteiger partial charge on any atom is -0.330 e. The number of hydroxylamine groups is 2. The van der Waals surface area contributed by atoms with Crippen molar-refractivity contribution >= 4 is 49.2 Å². The Morgan fingerprint density at radius 2 is 2.00 bits per heavy atom. The molecule has 0 bridgehead atoms. The molecule has 0 N–H and O–H groups in total. The van der Waals surface area contributed by atoms with Crippen LogP contribution in [-0.4, -0.2) is 33.8 Å². The Morgan fingerprint density at radius 1 is 1.25 bits per heavy atom. The SMILES string of the molecule is O=C(CCCC[C@@H]1CCSSS1)ON1C(=O)CCC1=O. The molecule has 0 spiro atoms. The van der Waals surface area contributed by atoms with E-state index in [0.717, 1.165) is 19.3 Å². The van der Waals surface area contributed by atoms with E-state index in [1.807, 2.05) is 31.4 Å². The average Bonchev–Trinajstić information content (AvgIpc) is 2.77. The molecule has 2 rings (SSSR count). The number of hydrogen-bond donors (Lipinski definition) is 0. The third-order valence-corrected chi connectivity index (χ3v) is 7.84. The molecule has 8 heteroatoms. The number of carbonyl (C=O) groups is 3. The summed E-state index contributed by atoms with van der Waals surface area (Å²) in [7, 11) is 5.66. The second-order valence-corrected chi connectivity index (χ2v) is 9.24. The van der Waals surface area contributed by atoms with E-state index in [1.54, 1.807) is 0 Å². The molecule has 2 aliphatic rings. The fraction of sp³-hybridized carbons (Fsp3) is 0.750. The number of hydrogen-bond acceptors (Lipinski definition) is 7. The van der Waals surface area contributed by atoms with Crippen LogP contribution >= 0.6 is 31.4 Å². The maximum atomic E-state index is 11.6. The fourth-order valence-electron chi connectivity index (χ4n) is 1.98. The van der Waals surface area contributed by atoms with Gasteiger partial charge < -0.3 is 4.84 Å². The number of unbranched alkanes of at least 4 members (excludes halogenated alkanes) is 1. The van der Waals surface area contributed by atoms with Gasteiger partial charge in [-0.25, -0.2) is 4.79 Å². The van der Waals surface area contributed by atoms with Gasteiger partial charge in [-0.05, 0) is 29.1 Å². The molecular formula is C12H17NO4S3. The number of amides is 2. The number of carbonyl (C=O) groups excluding carboxylic acids is 3. The van der Waals surface area contributed by atoms with Crippen LogP contribution in [0.15, 0.2) is 0 Å². The lowest BCUT2D eigenvalue weighted by molar-refractivity contribution is -0.197. The van der Waals surface area contributed by atoms with E-state index in [1.165, 1.54) is 12.2 Å². The van der Waals surface area contributed by atoms with Crippen LogP contribution < -0.4 is 0 Å². The number of nitrogens with zero attached hydrogens (tertiary/aromatic N) is 1. The summed E-state index contributed by atoms with van der Waals surface area (Å²) >= 11 is 0. The van der Waals surface area contributed by atoms with E-state index in [9.17, 15) is 14.4 Å². The molecule has 5 nitrogen and oxygen atoms in total. The van der Waals surface area contributed by atoms with Gasteiger partial charge in [0.2, 0.25) is 0 Å². The fourth-order valence-corrected chi connectivity index (χ4v) is 6.91. The zero-order valence-electron chi connectivity index (χ0n) is 11.0. The van der Waals surface area contributed by atoms with Crippen molar-refractivity contribution in [3.8, 4) is 0 Å². The van der Waals surface area contributed by atoms with Crippen molar-refractivity contribution in [1.82, 2.24) is 5.06 Å². The number of rotatable bonds is 6. The van der Waals surface area contributed by atoms with Gasteiger partial charge in [0.25, 0.3) is 11.8 Å². The van der Waals surface area contributed by atoms with Crippen LogP contribution in [0.5, 0.6) is 0 Å². The van der Waals surface area contributed by atoms with Crippen LogP contribution in [0.2, 0.25) is 0 Å². The topological polar surface area (TPSA) is 63.7 Å². The van der Waals surface area contributed by atoms with E-state index in [2.05, 4.69) is 0 Å². The monoisotopic (exact) mass is 335 g/mol. The van der Waals surface area contributed by atoms with Crippen LogP contribution in [0.1, 0.15) is 44.9 Å². The van der Waals surface area contributed by atoms with Gasteiger partial charge in [-0.15, -0.1) is 5.06 Å². The van der Waals surface area contributed by atoms with Gasteiger partial charge in [-0.2, -0.15) is 0 Å². The lowest BCUT2D eigenvalue weighted by Gasteiger charge is -2.19. The highest BCUT2D eigenvalue weighted by Gasteiger charge is 2.32. The summed E-state index contributed by atoms with van der Waals surface area (Å²) in [4.78, 5) is 38.9. The van der Waals surface area contributed by atoms with E-state index in [-0.39, 0.29) is 19.3 Å². The molecule has 2 fully saturated rings. The average molecular weight is 335 g/mol. The van der Waals surface area contributed by atoms with Gasteiger partial charge in [0.05, 0.1) is 0 Å². The second kappa shape index (κ2) is 8.19. The highest BCUT2D eigenvalue weighted by molar-refractivity contribution is 9.09. The van der Waals surface area contributed by atoms with Crippen LogP contribution in [0, 0.1) is 0 Å². The lowest BCUT2D eigenvalue weighted by Crippen LogP contribution is -2.31. The van der Waals surface area contributed by atoms with Gasteiger partial charge in [-0.3, -0.25) is 9.59 Å². The van der Waals surface area contributed by atoms with Crippen molar-refractivity contribution < 1.29 is 19.2 Å². The Bertz CT molecular complexity index is 369. The van der Waals surface area contributed by atoms with Crippen molar-refractivity contribution in [3.63, 3.8) is 0 Å². The van der Waals surface area contributed by atoms with Crippen LogP contribution in [0.25, 0.3) is 0 Å². The first-order chi connectivity index (χ1) is 9.66. The van der Waals surface area contributed by atoms with Gasteiger partial charge >= 0.3 is 5.97 Å². The highest BCUT2D eigenvalue weighted by Crippen LogP contribution is 2.45. The molecular weight excluding hydrogens is 318 g/mol. The first-order valence-electron chi connectivity index (χ1n) is 6.68. The molecule has 2 saturated heterocycles. The molecule has 0 saturated carbocycles. The molecule has 0 unspecified atom stereocenters. The summed E-state index contributed by atoms with van der Waals surface area (Å²) in [6.45, 7) is 0. The third kappa shape index (κ3) is 4.89.